The summed E-state index contributed by atoms with van der Waals surface area (Å²) in [7, 11) is -5.03. The fraction of sp³-hybridized carbons (Fsp3) is 1.00. The van der Waals surface area contributed by atoms with Crippen molar-refractivity contribution in [1.29, 1.82) is 0 Å². The Morgan fingerprint density at radius 3 is 1.73 bits per heavy atom. The van der Waals surface area contributed by atoms with Gasteiger partial charge in [0.1, 0.15) is 0 Å². The lowest BCUT2D eigenvalue weighted by Crippen LogP contribution is -2.01. The van der Waals surface area contributed by atoms with E-state index in [1.54, 1.807) is 0 Å². The summed E-state index contributed by atoms with van der Waals surface area (Å²) in [4.78, 5) is 9.77. The van der Waals surface area contributed by atoms with Crippen LogP contribution in [0.25, 0.3) is 0 Å². The zero-order valence-electron chi connectivity index (χ0n) is 15.4. The van der Waals surface area contributed by atoms with Crippen molar-refractivity contribution in [2.24, 2.45) is 0 Å². The molecule has 0 heterocycles. The monoisotopic (exact) mass is 353 g/mol. The molecule has 0 aliphatic rings. The molecule has 5 heteroatoms. The molecule has 0 aromatic heterocycles. The first-order chi connectivity index (χ1) is 10.3. The van der Waals surface area contributed by atoms with E-state index in [1.165, 1.54) is 57.8 Å². The van der Waals surface area contributed by atoms with E-state index < -0.39 is 15.1 Å². The van der Waals surface area contributed by atoms with Gasteiger partial charge in [0.05, 0.1) is 25.7 Å². The van der Waals surface area contributed by atoms with Gasteiger partial charge in [0.15, 0.2) is 7.49 Å². The molecule has 0 spiro atoms. The molecule has 0 aliphatic carbocycles. The van der Waals surface area contributed by atoms with Crippen LogP contribution in [-0.4, -0.2) is 30.5 Å². The van der Waals surface area contributed by atoms with E-state index in [0.717, 1.165) is 12.6 Å². The number of rotatable bonds is 15. The van der Waals surface area contributed by atoms with Crippen LogP contribution in [0.1, 0.15) is 84.5 Å². The fourth-order valence-corrected chi connectivity index (χ4v) is 7.66. The molecule has 1 unspecified atom stereocenters. The van der Waals surface area contributed by atoms with E-state index in [-0.39, 0.29) is 6.16 Å². The van der Waals surface area contributed by atoms with Gasteiger partial charge in [-0.1, -0.05) is 65.2 Å². The van der Waals surface area contributed by atoms with Gasteiger partial charge in [0.2, 0.25) is 0 Å². The van der Waals surface area contributed by atoms with Crippen LogP contribution in [0, 0.1) is 0 Å². The number of unbranched alkanes of at least 4 members (excludes halogenated alkanes) is 9. The summed E-state index contributed by atoms with van der Waals surface area (Å²) in [6, 6.07) is 0. The molecule has 0 fully saturated rings. The standard InChI is InChI=1S/C17H38O3P2/c1-5-7-8-9-10-11-12-13-14-15-17-21(3,4)20-22(18,19)16-6-2/h5-17H2,1-4H3/p+1. The molecule has 0 saturated carbocycles. The Hall–Kier alpha value is 0.580. The number of hydrogen-bond donors (Lipinski definition) is 1. The molecule has 0 saturated heterocycles. The summed E-state index contributed by atoms with van der Waals surface area (Å²) in [6.07, 6.45) is 15.2. The Labute approximate surface area is 139 Å². The predicted octanol–water partition coefficient (Wildman–Crippen LogP) is 6.71. The second-order valence-electron chi connectivity index (χ2n) is 6.92. The van der Waals surface area contributed by atoms with E-state index in [0.29, 0.717) is 6.42 Å². The third kappa shape index (κ3) is 14.2. The average molecular weight is 353 g/mol. The quantitative estimate of drug-likeness (QED) is 0.263. The highest BCUT2D eigenvalue weighted by Crippen LogP contribution is 2.65. The molecule has 1 N–H and O–H groups in total. The van der Waals surface area contributed by atoms with Crippen molar-refractivity contribution in [1.82, 2.24) is 0 Å². The van der Waals surface area contributed by atoms with Crippen LogP contribution < -0.4 is 0 Å². The Bertz CT molecular complexity index is 306. The molecule has 0 amide bonds. The second kappa shape index (κ2) is 12.9. The second-order valence-corrected chi connectivity index (χ2v) is 12.9. The summed E-state index contributed by atoms with van der Waals surface area (Å²) in [5.74, 6) is 0. The molecule has 0 bridgehead atoms. The van der Waals surface area contributed by atoms with Crippen LogP contribution in [0.4, 0.5) is 0 Å². The van der Waals surface area contributed by atoms with E-state index >= 15 is 0 Å². The minimum atomic E-state index is -3.34. The van der Waals surface area contributed by atoms with Gasteiger partial charge < -0.3 is 4.89 Å². The molecular weight excluding hydrogens is 314 g/mol. The van der Waals surface area contributed by atoms with Crippen molar-refractivity contribution in [3.05, 3.63) is 0 Å². The van der Waals surface area contributed by atoms with Gasteiger partial charge in [-0.05, 0) is 19.3 Å². The lowest BCUT2D eigenvalue weighted by Gasteiger charge is -2.19. The lowest BCUT2D eigenvalue weighted by molar-refractivity contribution is 0.390. The normalized spacial score (nSPS) is 15.0. The predicted molar refractivity (Wildman–Crippen MR) is 102 cm³/mol. The first kappa shape index (κ1) is 22.6. The zero-order chi connectivity index (χ0) is 16.9. The Kier molecular flexibility index (Phi) is 13.3. The van der Waals surface area contributed by atoms with Crippen molar-refractivity contribution in [2.45, 2.75) is 84.5 Å². The lowest BCUT2D eigenvalue weighted by atomic mass is 10.1. The first-order valence-electron chi connectivity index (χ1n) is 9.19. The van der Waals surface area contributed by atoms with Crippen molar-refractivity contribution in [3.63, 3.8) is 0 Å². The number of hydrogen-bond acceptors (Lipinski definition) is 2. The largest absolute Gasteiger partial charge is 0.361 e. The molecule has 1 atom stereocenters. The third-order valence-corrected chi connectivity index (χ3v) is 9.10. The molecule has 3 nitrogen and oxygen atoms in total. The van der Waals surface area contributed by atoms with Gasteiger partial charge in [0, 0.05) is 0 Å². The van der Waals surface area contributed by atoms with Crippen molar-refractivity contribution >= 4 is 15.1 Å². The minimum absolute atomic E-state index is 0.286. The Morgan fingerprint density at radius 1 is 0.818 bits per heavy atom. The maximum Gasteiger partial charge on any atom is 0.361 e. The van der Waals surface area contributed by atoms with Crippen molar-refractivity contribution < 1.29 is 13.8 Å². The highest BCUT2D eigenvalue weighted by atomic mass is 31.3. The summed E-state index contributed by atoms with van der Waals surface area (Å²) >= 11 is 0. The molecule has 22 heavy (non-hydrogen) atoms. The first-order valence-corrected chi connectivity index (χ1v) is 13.7. The van der Waals surface area contributed by atoms with Crippen molar-refractivity contribution in [2.75, 3.05) is 25.7 Å². The van der Waals surface area contributed by atoms with Gasteiger partial charge in [-0.3, -0.25) is 4.57 Å². The topological polar surface area (TPSA) is 46.5 Å². The van der Waals surface area contributed by atoms with E-state index in [2.05, 4.69) is 6.92 Å². The summed E-state index contributed by atoms with van der Waals surface area (Å²) < 4.78 is 17.4. The highest BCUT2D eigenvalue weighted by Gasteiger charge is 2.36. The van der Waals surface area contributed by atoms with Gasteiger partial charge in [-0.2, -0.15) is 4.31 Å². The Balaban J connectivity index is 3.59. The molecule has 0 rings (SSSR count). The van der Waals surface area contributed by atoms with Gasteiger partial charge in [-0.25, -0.2) is 0 Å². The summed E-state index contributed by atoms with van der Waals surface area (Å²) in [5, 5.41) is 0. The van der Waals surface area contributed by atoms with E-state index in [1.807, 2.05) is 20.3 Å². The van der Waals surface area contributed by atoms with Crippen LogP contribution in [0.3, 0.4) is 0 Å². The van der Waals surface area contributed by atoms with E-state index in [9.17, 15) is 9.46 Å². The van der Waals surface area contributed by atoms with Crippen LogP contribution >= 0.6 is 15.1 Å². The Morgan fingerprint density at radius 2 is 1.27 bits per heavy atom. The summed E-state index contributed by atoms with van der Waals surface area (Å²) in [5.41, 5.74) is 0. The zero-order valence-corrected chi connectivity index (χ0v) is 17.1. The maximum atomic E-state index is 11.9. The molecular formula is C17H39O3P2+. The molecule has 134 valence electrons. The molecule has 0 aromatic rings. The van der Waals surface area contributed by atoms with Crippen LogP contribution in [0.5, 0.6) is 0 Å². The van der Waals surface area contributed by atoms with Crippen LogP contribution in [0.2, 0.25) is 0 Å². The molecule has 0 aliphatic heterocycles. The van der Waals surface area contributed by atoms with Crippen molar-refractivity contribution in [3.8, 4) is 0 Å². The average Bonchev–Trinajstić information content (AvgIpc) is 2.39. The maximum absolute atomic E-state index is 11.9. The third-order valence-electron chi connectivity index (χ3n) is 3.90. The fourth-order valence-electron chi connectivity index (χ4n) is 2.69. The molecule has 0 radical (unpaired) electrons. The summed E-state index contributed by atoms with van der Waals surface area (Å²) in [6.45, 7) is 8.25. The van der Waals surface area contributed by atoms with Gasteiger partial charge in [-0.15, -0.1) is 0 Å². The van der Waals surface area contributed by atoms with Crippen LogP contribution in [0.15, 0.2) is 0 Å². The minimum Gasteiger partial charge on any atom is -0.322 e. The van der Waals surface area contributed by atoms with E-state index in [4.69, 9.17) is 4.31 Å². The SMILES string of the molecule is CCCCCCCCCCCC[P+](C)(C)OP(=O)(O)CCC. The van der Waals surface area contributed by atoms with Gasteiger partial charge >= 0.3 is 7.60 Å². The van der Waals surface area contributed by atoms with Crippen LogP contribution in [-0.2, 0) is 8.88 Å². The highest BCUT2D eigenvalue weighted by molar-refractivity contribution is 7.76. The molecule has 0 aromatic carbocycles. The van der Waals surface area contributed by atoms with Gasteiger partial charge in [0.25, 0.3) is 0 Å². The smallest absolute Gasteiger partial charge is 0.322 e.